The van der Waals surface area contributed by atoms with Gasteiger partial charge in [0.1, 0.15) is 5.76 Å². The van der Waals surface area contributed by atoms with E-state index in [1.807, 2.05) is 0 Å². The van der Waals surface area contributed by atoms with E-state index in [4.69, 9.17) is 9.84 Å². The van der Waals surface area contributed by atoms with Crippen LogP contribution >= 0.6 is 0 Å². The minimum absolute atomic E-state index is 0.0272. The van der Waals surface area contributed by atoms with Crippen LogP contribution in [-0.4, -0.2) is 28.8 Å². The van der Waals surface area contributed by atoms with Gasteiger partial charge in [-0.15, -0.1) is 0 Å². The van der Waals surface area contributed by atoms with Crippen molar-refractivity contribution in [2.75, 3.05) is 6.61 Å². The number of carbonyl (C=O) groups is 2. The van der Waals surface area contributed by atoms with Crippen LogP contribution < -0.4 is 0 Å². The van der Waals surface area contributed by atoms with Crippen molar-refractivity contribution < 1.29 is 24.5 Å². The molecule has 5 heteroatoms. The molecule has 0 aromatic heterocycles. The lowest BCUT2D eigenvalue weighted by atomic mass is 10.0. The zero-order chi connectivity index (χ0) is 17.0. The monoisotopic (exact) mass is 312 g/mol. The molecule has 0 atom stereocenters. The van der Waals surface area contributed by atoms with E-state index in [0.29, 0.717) is 25.7 Å². The molecule has 0 saturated carbocycles. The van der Waals surface area contributed by atoms with Gasteiger partial charge in [0.05, 0.1) is 5.57 Å². The summed E-state index contributed by atoms with van der Waals surface area (Å²) in [6.07, 6.45) is 5.37. The largest absolute Gasteiger partial charge is 0.478 e. The highest BCUT2D eigenvalue weighted by molar-refractivity contribution is 5.91. The minimum Gasteiger partial charge on any atom is -0.478 e. The van der Waals surface area contributed by atoms with Crippen LogP contribution in [0.1, 0.15) is 65.2 Å². The first-order valence-electron chi connectivity index (χ1n) is 7.93. The lowest BCUT2D eigenvalue weighted by molar-refractivity contribution is -0.136. The molecule has 0 bridgehead atoms. The summed E-state index contributed by atoms with van der Waals surface area (Å²) in [5.74, 6) is -1.45. The Bertz CT molecular complexity index is 409. The molecule has 0 aliphatic rings. The number of aliphatic carboxylic acids is 1. The third-order valence-electron chi connectivity index (χ3n) is 3.34. The van der Waals surface area contributed by atoms with Crippen molar-refractivity contribution in [2.24, 2.45) is 0 Å². The second-order valence-electron chi connectivity index (χ2n) is 5.19. The molecule has 0 aliphatic carbocycles. The van der Waals surface area contributed by atoms with E-state index in [1.165, 1.54) is 0 Å². The second kappa shape index (κ2) is 12.0. The van der Waals surface area contributed by atoms with Gasteiger partial charge in [0.15, 0.2) is 0 Å². The fraction of sp³-hybridized carbons (Fsp3) is 0.647. The normalized spacial score (nSPS) is 11.8. The Morgan fingerprint density at radius 1 is 1.05 bits per heavy atom. The van der Waals surface area contributed by atoms with Gasteiger partial charge in [-0.1, -0.05) is 39.7 Å². The van der Waals surface area contributed by atoms with E-state index in [9.17, 15) is 14.7 Å². The van der Waals surface area contributed by atoms with E-state index in [2.05, 4.69) is 13.5 Å². The predicted octanol–water partition coefficient (Wildman–Crippen LogP) is 3.58. The van der Waals surface area contributed by atoms with Gasteiger partial charge in [0, 0.05) is 18.6 Å². The van der Waals surface area contributed by atoms with Crippen LogP contribution in [-0.2, 0) is 14.3 Å². The average molecular weight is 312 g/mol. The minimum atomic E-state index is -1.04. The maximum Gasteiger partial charge on any atom is 0.338 e. The van der Waals surface area contributed by atoms with Gasteiger partial charge in [0.2, 0.25) is 0 Å². The van der Waals surface area contributed by atoms with Crippen LogP contribution in [0.3, 0.4) is 0 Å². The molecule has 126 valence electrons. The smallest absolute Gasteiger partial charge is 0.338 e. The van der Waals surface area contributed by atoms with Crippen LogP contribution in [0.2, 0.25) is 0 Å². The fourth-order valence-electron chi connectivity index (χ4n) is 2.02. The Kier molecular flexibility index (Phi) is 11.1. The summed E-state index contributed by atoms with van der Waals surface area (Å²) in [7, 11) is 0. The maximum atomic E-state index is 11.9. The highest BCUT2D eigenvalue weighted by Gasteiger charge is 2.18. The van der Waals surface area contributed by atoms with Gasteiger partial charge in [-0.05, 0) is 25.7 Å². The second-order valence-corrected chi connectivity index (χ2v) is 5.19. The van der Waals surface area contributed by atoms with Crippen molar-refractivity contribution in [1.82, 2.24) is 0 Å². The summed E-state index contributed by atoms with van der Waals surface area (Å²) in [5, 5.41) is 18.1. The summed E-state index contributed by atoms with van der Waals surface area (Å²) in [5.41, 5.74) is 0.414. The highest BCUT2D eigenvalue weighted by atomic mass is 16.5. The summed E-state index contributed by atoms with van der Waals surface area (Å²) in [4.78, 5) is 23.3. The van der Waals surface area contributed by atoms with Crippen LogP contribution in [0.15, 0.2) is 23.5 Å². The molecule has 0 radical (unpaired) electrons. The Morgan fingerprint density at radius 2 is 1.73 bits per heavy atom. The number of hydrogen-bond acceptors (Lipinski definition) is 4. The number of unbranched alkanes of at least 4 members (excludes halogenated alkanes) is 3. The maximum absolute atomic E-state index is 11.9. The number of aliphatic hydroxyl groups is 1. The van der Waals surface area contributed by atoms with Crippen molar-refractivity contribution >= 4 is 11.9 Å². The zero-order valence-corrected chi connectivity index (χ0v) is 13.7. The van der Waals surface area contributed by atoms with Gasteiger partial charge >= 0.3 is 11.9 Å². The van der Waals surface area contributed by atoms with Crippen molar-refractivity contribution in [3.05, 3.63) is 23.5 Å². The van der Waals surface area contributed by atoms with E-state index in [-0.39, 0.29) is 23.5 Å². The summed E-state index contributed by atoms with van der Waals surface area (Å²) >= 11 is 0. The third kappa shape index (κ3) is 7.98. The average Bonchev–Trinajstić information content (AvgIpc) is 2.50. The van der Waals surface area contributed by atoms with E-state index in [1.54, 1.807) is 6.92 Å². The number of aliphatic hydroxyl groups excluding tert-OH is 1. The van der Waals surface area contributed by atoms with Gasteiger partial charge < -0.3 is 14.9 Å². The first kappa shape index (κ1) is 20.4. The van der Waals surface area contributed by atoms with E-state index in [0.717, 1.165) is 25.7 Å². The summed E-state index contributed by atoms with van der Waals surface area (Å²) in [6.45, 7) is 7.43. The molecule has 22 heavy (non-hydrogen) atoms. The molecule has 0 spiro atoms. The molecule has 0 fully saturated rings. The van der Waals surface area contributed by atoms with Gasteiger partial charge in [-0.2, -0.15) is 0 Å². The van der Waals surface area contributed by atoms with E-state index >= 15 is 0 Å². The molecule has 0 aromatic rings. The molecule has 0 unspecified atom stereocenters. The van der Waals surface area contributed by atoms with Gasteiger partial charge in [-0.25, -0.2) is 9.59 Å². The first-order chi connectivity index (χ1) is 10.5. The van der Waals surface area contributed by atoms with Crippen molar-refractivity contribution in [3.8, 4) is 0 Å². The van der Waals surface area contributed by atoms with Gasteiger partial charge in [-0.3, -0.25) is 0 Å². The number of carboxylic acid groups (broad SMARTS) is 1. The lowest BCUT2D eigenvalue weighted by Crippen LogP contribution is -2.13. The number of esters is 1. The molecule has 2 N–H and O–H groups in total. The van der Waals surface area contributed by atoms with Crippen molar-refractivity contribution in [2.45, 2.75) is 65.2 Å². The quantitative estimate of drug-likeness (QED) is 0.249. The number of allylic oxidation sites excluding steroid dienone is 1. The Hall–Kier alpha value is -1.62. The van der Waals surface area contributed by atoms with Crippen LogP contribution in [0.5, 0.6) is 0 Å². The molecular weight excluding hydrogens is 284 g/mol. The van der Waals surface area contributed by atoms with Crippen LogP contribution in [0.4, 0.5) is 0 Å². The molecule has 0 saturated heterocycles. The molecule has 5 nitrogen and oxygen atoms in total. The Morgan fingerprint density at radius 3 is 2.23 bits per heavy atom. The fourth-order valence-corrected chi connectivity index (χ4v) is 2.02. The van der Waals surface area contributed by atoms with E-state index < -0.39 is 11.9 Å². The Labute approximate surface area is 132 Å². The number of ether oxygens (including phenoxy) is 1. The predicted molar refractivity (Wildman–Crippen MR) is 85.3 cm³/mol. The SMILES string of the molecule is C=C(CCCO)C(=O)OC(CC)=C(CCCCCC)C(=O)O. The summed E-state index contributed by atoms with van der Waals surface area (Å²) < 4.78 is 5.22. The molecule has 0 heterocycles. The number of carbonyl (C=O) groups excluding carboxylic acids is 1. The molecule has 0 aliphatic heterocycles. The van der Waals surface area contributed by atoms with Gasteiger partial charge in [0.25, 0.3) is 0 Å². The molecule has 0 amide bonds. The van der Waals surface area contributed by atoms with Crippen LogP contribution in [0, 0.1) is 0 Å². The van der Waals surface area contributed by atoms with Crippen molar-refractivity contribution in [3.63, 3.8) is 0 Å². The topological polar surface area (TPSA) is 83.8 Å². The molecule has 0 aromatic carbocycles. The number of carboxylic acids is 1. The van der Waals surface area contributed by atoms with Crippen LogP contribution in [0.25, 0.3) is 0 Å². The molecular formula is C17H28O5. The van der Waals surface area contributed by atoms with Crippen molar-refractivity contribution in [1.29, 1.82) is 0 Å². The Balaban J connectivity index is 4.83. The number of hydrogen-bond donors (Lipinski definition) is 2. The highest BCUT2D eigenvalue weighted by Crippen LogP contribution is 2.20. The lowest BCUT2D eigenvalue weighted by Gasteiger charge is -2.12. The molecule has 0 rings (SSSR count). The summed E-state index contributed by atoms with van der Waals surface area (Å²) in [6, 6.07) is 0. The standard InChI is InChI=1S/C17H28O5/c1-4-6-7-8-11-14(16(19)20)15(5-2)22-17(21)13(3)10-9-12-18/h18H,3-12H2,1-2H3,(H,19,20). The third-order valence-corrected chi connectivity index (χ3v) is 3.34. The zero-order valence-electron chi connectivity index (χ0n) is 13.7. The number of rotatable bonds is 12. The first-order valence-corrected chi connectivity index (χ1v) is 7.93.